The third-order valence-electron chi connectivity index (χ3n) is 13.9. The Kier molecular flexibility index (Phi) is 10.0. The first-order valence-electron chi connectivity index (χ1n) is 20.4. The highest BCUT2D eigenvalue weighted by molar-refractivity contribution is 6.48. The van der Waals surface area contributed by atoms with Gasteiger partial charge in [-0.15, -0.1) is 0 Å². The Hall–Kier alpha value is -3.95. The summed E-state index contributed by atoms with van der Waals surface area (Å²) in [6.07, 6.45) is 10.1. The van der Waals surface area contributed by atoms with E-state index < -0.39 is 30.7 Å². The molecule has 2 aliphatic heterocycles. The monoisotopic (exact) mass is 729 g/mol. The molecule has 3 amide bonds. The van der Waals surface area contributed by atoms with Crippen molar-refractivity contribution in [2.45, 2.75) is 116 Å². The molecule has 2 N–H and O–H groups in total. The SMILES string of the molecule is CC(C)[C@H](NC(=O)C1C=C(c2ccccc2)CN1C(=O)[C@@H](CC1CCCCC1)NC(=O)c1ccc2ccccc2c1)B1O[C@@H]2C[C@@H]3C[C@@H](C3(C)C)[C@]2(C)O1. The summed E-state index contributed by atoms with van der Waals surface area (Å²) < 4.78 is 13.5. The number of hydrogen-bond donors (Lipinski definition) is 2. The van der Waals surface area contributed by atoms with E-state index in [4.69, 9.17) is 9.31 Å². The van der Waals surface area contributed by atoms with Crippen molar-refractivity contribution < 1.29 is 23.7 Å². The van der Waals surface area contributed by atoms with Crippen molar-refractivity contribution in [2.75, 3.05) is 6.54 Å². The summed E-state index contributed by atoms with van der Waals surface area (Å²) in [6, 6.07) is 21.9. The van der Waals surface area contributed by atoms with Crippen LogP contribution in [0.2, 0.25) is 0 Å². The molecule has 284 valence electrons. The van der Waals surface area contributed by atoms with E-state index in [9.17, 15) is 14.4 Å². The van der Waals surface area contributed by atoms with Gasteiger partial charge in [0.05, 0.1) is 17.6 Å². The van der Waals surface area contributed by atoms with Crippen molar-refractivity contribution in [3.63, 3.8) is 0 Å². The lowest BCUT2D eigenvalue weighted by Crippen LogP contribution is -2.65. The van der Waals surface area contributed by atoms with E-state index in [1.165, 1.54) is 6.42 Å². The van der Waals surface area contributed by atoms with Crippen molar-refractivity contribution in [1.29, 1.82) is 0 Å². The van der Waals surface area contributed by atoms with Crippen LogP contribution in [0.4, 0.5) is 0 Å². The third kappa shape index (κ3) is 6.80. The molecule has 1 saturated heterocycles. The molecular weight excluding hydrogens is 673 g/mol. The highest BCUT2D eigenvalue weighted by atomic mass is 16.7. The van der Waals surface area contributed by atoms with Gasteiger partial charge in [-0.25, -0.2) is 0 Å². The van der Waals surface area contributed by atoms with Crippen LogP contribution in [0.1, 0.15) is 102 Å². The second-order valence-electron chi connectivity index (χ2n) is 17.9. The zero-order valence-corrected chi connectivity index (χ0v) is 32.6. The van der Waals surface area contributed by atoms with Gasteiger partial charge in [-0.3, -0.25) is 14.4 Å². The molecule has 4 aliphatic carbocycles. The maximum atomic E-state index is 14.9. The number of nitrogens with one attached hydrogen (secondary N) is 2. The highest BCUT2D eigenvalue weighted by Crippen LogP contribution is 2.65. The first-order valence-corrected chi connectivity index (χ1v) is 20.4. The molecule has 9 heteroatoms. The van der Waals surface area contributed by atoms with E-state index in [1.54, 1.807) is 4.90 Å². The average Bonchev–Trinajstić information content (AvgIpc) is 3.78. The summed E-state index contributed by atoms with van der Waals surface area (Å²) in [5.74, 6) is 0.201. The second-order valence-corrected chi connectivity index (χ2v) is 17.9. The average molecular weight is 730 g/mol. The Balaban J connectivity index is 1.06. The molecule has 8 nitrogen and oxygen atoms in total. The first-order chi connectivity index (χ1) is 25.9. The van der Waals surface area contributed by atoms with Crippen molar-refractivity contribution in [3.8, 4) is 0 Å². The fraction of sp³-hybridized carbons (Fsp3) is 0.533. The maximum Gasteiger partial charge on any atom is 0.481 e. The fourth-order valence-corrected chi connectivity index (χ4v) is 10.5. The van der Waals surface area contributed by atoms with Crippen molar-refractivity contribution in [2.24, 2.45) is 29.1 Å². The smallest absolute Gasteiger partial charge is 0.404 e. The minimum Gasteiger partial charge on any atom is -0.404 e. The molecule has 3 aromatic carbocycles. The first kappa shape index (κ1) is 37.0. The van der Waals surface area contributed by atoms with Crippen LogP contribution in [0, 0.1) is 29.1 Å². The quantitative estimate of drug-likeness (QED) is 0.210. The van der Waals surface area contributed by atoms with Crippen LogP contribution in [0.15, 0.2) is 78.9 Å². The van der Waals surface area contributed by atoms with Gasteiger partial charge in [0.1, 0.15) is 12.1 Å². The highest BCUT2D eigenvalue weighted by Gasteiger charge is 2.68. The fourth-order valence-electron chi connectivity index (χ4n) is 10.5. The van der Waals surface area contributed by atoms with Gasteiger partial charge in [0.15, 0.2) is 0 Å². The largest absolute Gasteiger partial charge is 0.481 e. The number of carbonyl (C=O) groups excluding carboxylic acids is 3. The van der Waals surface area contributed by atoms with Gasteiger partial charge >= 0.3 is 7.12 Å². The molecule has 3 aromatic rings. The molecule has 9 rings (SSSR count). The molecule has 4 saturated carbocycles. The van der Waals surface area contributed by atoms with Crippen LogP contribution in [0.3, 0.4) is 0 Å². The number of hydrogen-bond acceptors (Lipinski definition) is 5. The van der Waals surface area contributed by atoms with Crippen molar-refractivity contribution >= 4 is 41.2 Å². The van der Waals surface area contributed by atoms with Gasteiger partial charge < -0.3 is 24.8 Å². The molecule has 2 heterocycles. The van der Waals surface area contributed by atoms with E-state index >= 15 is 0 Å². The number of amides is 3. The van der Waals surface area contributed by atoms with Gasteiger partial charge in [-0.2, -0.15) is 0 Å². The van der Waals surface area contributed by atoms with E-state index in [-0.39, 0.29) is 41.7 Å². The lowest BCUT2D eigenvalue weighted by Gasteiger charge is -2.64. The van der Waals surface area contributed by atoms with Gasteiger partial charge in [-0.05, 0) is 95.4 Å². The van der Waals surface area contributed by atoms with Gasteiger partial charge in [0.2, 0.25) is 11.8 Å². The third-order valence-corrected chi connectivity index (χ3v) is 13.9. The van der Waals surface area contributed by atoms with Crippen LogP contribution in [0.5, 0.6) is 0 Å². The molecule has 2 bridgehead atoms. The predicted octanol–water partition coefficient (Wildman–Crippen LogP) is 7.61. The summed E-state index contributed by atoms with van der Waals surface area (Å²) in [5.41, 5.74) is 2.21. The van der Waals surface area contributed by atoms with E-state index in [0.29, 0.717) is 29.7 Å². The molecule has 1 unspecified atom stereocenters. The summed E-state index contributed by atoms with van der Waals surface area (Å²) in [4.78, 5) is 45.1. The number of carbonyl (C=O) groups is 3. The topological polar surface area (TPSA) is 97.0 Å². The summed E-state index contributed by atoms with van der Waals surface area (Å²) in [5, 5.41) is 8.51. The molecule has 6 aliphatic rings. The lowest BCUT2D eigenvalue weighted by molar-refractivity contribution is -0.199. The standard InChI is InChI=1S/C45H56BN3O5/c1-28(2)40(46-53-39-26-35-25-38(44(35,3)4)45(39,5)54-46)48-42(51)37-24-34(30-16-10-7-11-17-30)27-49(37)43(52)36(22-29-14-8-6-9-15-29)47-41(50)33-21-20-31-18-12-13-19-32(31)23-33/h7,10-13,16-21,23-24,28-29,35-40H,6,8-9,14-15,22,25-27H2,1-5H3,(H,47,50)(H,48,51)/t35-,36+,37?,38-,39+,40-,45-/m0/s1. The number of rotatable bonds is 10. The van der Waals surface area contributed by atoms with Crippen LogP contribution in [-0.2, 0) is 18.9 Å². The summed E-state index contributed by atoms with van der Waals surface area (Å²) >= 11 is 0. The molecule has 0 spiro atoms. The van der Waals surface area contributed by atoms with E-state index in [0.717, 1.165) is 60.4 Å². The van der Waals surface area contributed by atoms with Gasteiger partial charge in [0.25, 0.3) is 5.91 Å². The molecule has 0 aromatic heterocycles. The maximum absolute atomic E-state index is 14.9. The second kappa shape index (κ2) is 14.6. The molecule has 0 radical (unpaired) electrons. The van der Waals surface area contributed by atoms with Crippen LogP contribution < -0.4 is 10.6 Å². The van der Waals surface area contributed by atoms with E-state index in [1.807, 2.05) is 78.9 Å². The lowest BCUT2D eigenvalue weighted by atomic mass is 9.43. The Morgan fingerprint density at radius 1 is 0.889 bits per heavy atom. The van der Waals surface area contributed by atoms with Gasteiger partial charge in [0, 0.05) is 12.1 Å². The van der Waals surface area contributed by atoms with E-state index in [2.05, 4.69) is 45.3 Å². The minimum atomic E-state index is -0.855. The molecule has 7 atom stereocenters. The zero-order valence-electron chi connectivity index (χ0n) is 32.6. The molecular formula is C45H56BN3O5. The predicted molar refractivity (Wildman–Crippen MR) is 213 cm³/mol. The Morgan fingerprint density at radius 2 is 1.61 bits per heavy atom. The number of benzene rings is 3. The van der Waals surface area contributed by atoms with Crippen molar-refractivity contribution in [1.82, 2.24) is 15.5 Å². The summed E-state index contributed by atoms with van der Waals surface area (Å²) in [6.45, 7) is 11.3. The van der Waals surface area contributed by atoms with Gasteiger partial charge in [-0.1, -0.05) is 120 Å². The molecule has 54 heavy (non-hydrogen) atoms. The Labute approximate surface area is 320 Å². The summed E-state index contributed by atoms with van der Waals surface area (Å²) in [7, 11) is -0.581. The minimum absolute atomic E-state index is 0.00155. The Bertz CT molecular complexity index is 1920. The number of fused-ring (bicyclic) bond motifs is 1. The normalized spacial score (nSPS) is 28.6. The number of nitrogens with zero attached hydrogens (tertiary/aromatic N) is 1. The van der Waals surface area contributed by atoms with Crippen LogP contribution in [0.25, 0.3) is 16.3 Å². The van der Waals surface area contributed by atoms with Crippen LogP contribution >= 0.6 is 0 Å². The van der Waals surface area contributed by atoms with Crippen LogP contribution in [-0.4, -0.2) is 66.0 Å². The zero-order chi connectivity index (χ0) is 37.8. The molecule has 5 fully saturated rings. The van der Waals surface area contributed by atoms with Crippen molar-refractivity contribution in [3.05, 3.63) is 90.0 Å². The Morgan fingerprint density at radius 3 is 2.33 bits per heavy atom.